The molecule has 0 N–H and O–H groups in total. The number of rotatable bonds is 1. The highest BCUT2D eigenvalue weighted by molar-refractivity contribution is 5.02. The first-order valence-corrected chi connectivity index (χ1v) is 3.96. The summed E-state index contributed by atoms with van der Waals surface area (Å²) in [5.41, 5.74) is 0. The summed E-state index contributed by atoms with van der Waals surface area (Å²) in [6.45, 7) is 4.47. The first kappa shape index (κ1) is 6.23. The molecule has 0 radical (unpaired) electrons. The number of hydrogen-bond acceptors (Lipinski definition) is 2. The van der Waals surface area contributed by atoms with Crippen molar-refractivity contribution < 1.29 is 4.74 Å². The van der Waals surface area contributed by atoms with Crippen LogP contribution in [0.1, 0.15) is 13.3 Å². The van der Waals surface area contributed by atoms with Gasteiger partial charge in [0.2, 0.25) is 0 Å². The van der Waals surface area contributed by atoms with Crippen LogP contribution in [0.5, 0.6) is 0 Å². The molecule has 2 rings (SSSR count). The number of hydrogen-bond donors (Lipinski definition) is 0. The van der Waals surface area contributed by atoms with Gasteiger partial charge >= 0.3 is 0 Å². The normalized spacial score (nSPS) is 38.1. The van der Waals surface area contributed by atoms with Crippen molar-refractivity contribution in [1.29, 1.82) is 0 Å². The van der Waals surface area contributed by atoms with E-state index in [1.54, 1.807) is 0 Å². The zero-order chi connectivity index (χ0) is 6.97. The zero-order valence-electron chi connectivity index (χ0n) is 6.29. The van der Waals surface area contributed by atoms with E-state index in [0.29, 0.717) is 12.1 Å². The molecule has 0 aromatic carbocycles. The Bertz CT molecular complexity index is 155. The summed E-state index contributed by atoms with van der Waals surface area (Å²) in [6.07, 6.45) is 5.70. The van der Waals surface area contributed by atoms with E-state index in [2.05, 4.69) is 17.9 Å². The number of fused-ring (bicyclic) bond motifs is 2. The predicted molar refractivity (Wildman–Crippen MR) is 39.7 cm³/mol. The fraction of sp³-hybridized carbons (Fsp3) is 0.750. The smallest absolute Gasteiger partial charge is 0.112 e. The lowest BCUT2D eigenvalue weighted by Gasteiger charge is -2.17. The second-order valence-corrected chi connectivity index (χ2v) is 2.98. The van der Waals surface area contributed by atoms with Gasteiger partial charge in [-0.1, -0.05) is 6.92 Å². The van der Waals surface area contributed by atoms with Crippen molar-refractivity contribution >= 4 is 0 Å². The van der Waals surface area contributed by atoms with E-state index < -0.39 is 0 Å². The predicted octanol–water partition coefficient (Wildman–Crippen LogP) is 0.993. The Balaban J connectivity index is 2.10. The van der Waals surface area contributed by atoms with E-state index in [0.717, 1.165) is 13.1 Å². The molecule has 2 aliphatic heterocycles. The highest BCUT2D eigenvalue weighted by atomic mass is 16.5. The molecule has 2 bridgehead atoms. The zero-order valence-corrected chi connectivity index (χ0v) is 6.29. The molecule has 2 heteroatoms. The minimum absolute atomic E-state index is 0.481. The van der Waals surface area contributed by atoms with Gasteiger partial charge in [0.1, 0.15) is 6.10 Å². The Morgan fingerprint density at radius 1 is 1.70 bits per heavy atom. The third-order valence-electron chi connectivity index (χ3n) is 2.39. The number of likely N-dealkylation sites (tertiary alicyclic amines) is 1. The lowest BCUT2D eigenvalue weighted by Crippen LogP contribution is -2.27. The molecule has 0 aliphatic carbocycles. The molecular weight excluding hydrogens is 126 g/mol. The van der Waals surface area contributed by atoms with Crippen LogP contribution >= 0.6 is 0 Å². The first-order chi connectivity index (χ1) is 4.90. The van der Waals surface area contributed by atoms with Crippen LogP contribution in [0.15, 0.2) is 12.3 Å². The van der Waals surface area contributed by atoms with Crippen LogP contribution in [0.4, 0.5) is 0 Å². The Labute approximate surface area is 61.5 Å². The maximum atomic E-state index is 5.38. The molecule has 2 unspecified atom stereocenters. The molecule has 2 heterocycles. The van der Waals surface area contributed by atoms with Gasteiger partial charge in [0.25, 0.3) is 0 Å². The maximum Gasteiger partial charge on any atom is 0.112 e. The van der Waals surface area contributed by atoms with Crippen molar-refractivity contribution in [2.75, 3.05) is 13.1 Å². The Morgan fingerprint density at radius 3 is 3.30 bits per heavy atom. The minimum atomic E-state index is 0.481. The van der Waals surface area contributed by atoms with Gasteiger partial charge in [-0.05, 0) is 12.6 Å². The average Bonchev–Trinajstić information content (AvgIpc) is 2.26. The quantitative estimate of drug-likeness (QED) is 0.537. The Hall–Kier alpha value is -0.500. The van der Waals surface area contributed by atoms with E-state index in [4.69, 9.17) is 4.74 Å². The summed E-state index contributed by atoms with van der Waals surface area (Å²) < 4.78 is 5.38. The Morgan fingerprint density at radius 2 is 2.60 bits per heavy atom. The lowest BCUT2D eigenvalue weighted by atomic mass is 10.2. The van der Waals surface area contributed by atoms with Gasteiger partial charge < -0.3 is 4.74 Å². The largest absolute Gasteiger partial charge is 0.497 e. The van der Waals surface area contributed by atoms with E-state index in [1.165, 1.54) is 6.42 Å². The molecule has 0 saturated carbocycles. The highest BCUT2D eigenvalue weighted by Gasteiger charge is 2.32. The number of nitrogens with zero attached hydrogens (tertiary/aromatic N) is 1. The summed E-state index contributed by atoms with van der Waals surface area (Å²) in [7, 11) is 0. The van der Waals surface area contributed by atoms with Gasteiger partial charge in [-0.15, -0.1) is 0 Å². The van der Waals surface area contributed by atoms with Gasteiger partial charge in [0, 0.05) is 19.0 Å². The molecule has 10 heavy (non-hydrogen) atoms. The molecule has 0 spiro atoms. The molecule has 2 aliphatic rings. The van der Waals surface area contributed by atoms with Crippen molar-refractivity contribution in [3.63, 3.8) is 0 Å². The number of ether oxygens (including phenoxy) is 1. The van der Waals surface area contributed by atoms with Gasteiger partial charge in [-0.2, -0.15) is 0 Å². The second-order valence-electron chi connectivity index (χ2n) is 2.98. The molecule has 0 aromatic rings. The van der Waals surface area contributed by atoms with Crippen molar-refractivity contribution in [3.05, 3.63) is 12.3 Å². The Kier molecular flexibility index (Phi) is 1.42. The third kappa shape index (κ3) is 0.833. The number of likely N-dealkylation sites (N-methyl/N-ethyl adjacent to an activating group) is 1. The molecule has 2 atom stereocenters. The van der Waals surface area contributed by atoms with Gasteiger partial charge in [0.15, 0.2) is 0 Å². The van der Waals surface area contributed by atoms with Crippen LogP contribution in [0, 0.1) is 0 Å². The fourth-order valence-corrected chi connectivity index (χ4v) is 1.80. The van der Waals surface area contributed by atoms with Gasteiger partial charge in [-0.3, -0.25) is 4.90 Å². The van der Waals surface area contributed by atoms with Crippen LogP contribution in [0.25, 0.3) is 0 Å². The van der Waals surface area contributed by atoms with Crippen LogP contribution in [0.2, 0.25) is 0 Å². The van der Waals surface area contributed by atoms with Gasteiger partial charge in [-0.25, -0.2) is 0 Å². The van der Waals surface area contributed by atoms with Crippen LogP contribution < -0.4 is 0 Å². The molecule has 56 valence electrons. The van der Waals surface area contributed by atoms with Gasteiger partial charge in [0.05, 0.1) is 6.26 Å². The third-order valence-corrected chi connectivity index (χ3v) is 2.39. The lowest BCUT2D eigenvalue weighted by molar-refractivity contribution is 0.148. The summed E-state index contributed by atoms with van der Waals surface area (Å²) in [6, 6.07) is 0.670. The molecule has 1 fully saturated rings. The summed E-state index contributed by atoms with van der Waals surface area (Å²) in [5, 5.41) is 0. The monoisotopic (exact) mass is 139 g/mol. The molecule has 1 saturated heterocycles. The summed E-state index contributed by atoms with van der Waals surface area (Å²) in [4.78, 5) is 2.45. The van der Waals surface area contributed by atoms with Crippen LogP contribution in [0.3, 0.4) is 0 Å². The average molecular weight is 139 g/mol. The standard InChI is InChI=1S/C8H13NO/c1-2-9-6-8-5-7(9)3-4-10-8/h3-4,7-8H,2,5-6H2,1H3. The summed E-state index contributed by atoms with van der Waals surface area (Å²) >= 11 is 0. The SMILES string of the molecule is CCN1CC2CC1C=CO2. The molecule has 2 nitrogen and oxygen atoms in total. The van der Waals surface area contributed by atoms with Crippen molar-refractivity contribution in [1.82, 2.24) is 4.90 Å². The van der Waals surface area contributed by atoms with E-state index in [-0.39, 0.29) is 0 Å². The van der Waals surface area contributed by atoms with E-state index in [1.807, 2.05) is 6.26 Å². The molecule has 0 amide bonds. The minimum Gasteiger partial charge on any atom is -0.497 e. The van der Waals surface area contributed by atoms with Crippen molar-refractivity contribution in [2.24, 2.45) is 0 Å². The van der Waals surface area contributed by atoms with E-state index in [9.17, 15) is 0 Å². The maximum absolute atomic E-state index is 5.38. The van der Waals surface area contributed by atoms with E-state index >= 15 is 0 Å². The topological polar surface area (TPSA) is 12.5 Å². The highest BCUT2D eigenvalue weighted by Crippen LogP contribution is 2.24. The van der Waals surface area contributed by atoms with Crippen molar-refractivity contribution in [2.45, 2.75) is 25.5 Å². The molecule has 0 aromatic heterocycles. The summed E-state index contributed by atoms with van der Waals surface area (Å²) in [5.74, 6) is 0. The van der Waals surface area contributed by atoms with Crippen molar-refractivity contribution in [3.8, 4) is 0 Å². The second kappa shape index (κ2) is 2.27. The molecular formula is C8H13NO. The van der Waals surface area contributed by atoms with Crippen LogP contribution in [-0.2, 0) is 4.74 Å². The fourth-order valence-electron chi connectivity index (χ4n) is 1.80. The first-order valence-electron chi connectivity index (χ1n) is 3.96. The van der Waals surface area contributed by atoms with Crippen LogP contribution in [-0.4, -0.2) is 30.1 Å².